The Bertz CT molecular complexity index is 181. The van der Waals surface area contributed by atoms with E-state index >= 15 is 0 Å². The molecule has 0 spiro atoms. The number of amides is 1. The van der Waals surface area contributed by atoms with Gasteiger partial charge >= 0.3 is 0 Å². The van der Waals surface area contributed by atoms with Gasteiger partial charge in [-0.3, -0.25) is 4.79 Å². The van der Waals surface area contributed by atoms with Gasteiger partial charge in [0, 0.05) is 13.2 Å². The zero-order valence-corrected chi connectivity index (χ0v) is 11.2. The third-order valence-electron chi connectivity index (χ3n) is 2.42. The number of carbonyl (C=O) groups is 1. The van der Waals surface area contributed by atoms with Crippen LogP contribution in [0.25, 0.3) is 0 Å². The molecular formula is C13H27NO2. The number of carbonyl (C=O) groups excluding carboxylic acids is 1. The Hall–Kier alpha value is -0.570. The molecule has 0 saturated carbocycles. The molecule has 0 aliphatic rings. The summed E-state index contributed by atoms with van der Waals surface area (Å²) in [5, 5.41) is 2.87. The van der Waals surface area contributed by atoms with Crippen molar-refractivity contribution in [1.82, 2.24) is 5.32 Å². The predicted octanol–water partition coefficient (Wildman–Crippen LogP) is 2.74. The van der Waals surface area contributed by atoms with E-state index in [1.54, 1.807) is 0 Å². The largest absolute Gasteiger partial charge is 0.369 e. The van der Waals surface area contributed by atoms with E-state index in [9.17, 15) is 4.79 Å². The van der Waals surface area contributed by atoms with Crippen molar-refractivity contribution in [3.8, 4) is 0 Å². The lowest BCUT2D eigenvalue weighted by Gasteiger charge is -2.14. The molecule has 0 saturated heterocycles. The molecule has 3 heteroatoms. The van der Waals surface area contributed by atoms with Crippen LogP contribution in [0.1, 0.15) is 53.4 Å². The summed E-state index contributed by atoms with van der Waals surface area (Å²) >= 11 is 0. The van der Waals surface area contributed by atoms with E-state index in [1.807, 2.05) is 6.92 Å². The molecule has 3 nitrogen and oxygen atoms in total. The maximum absolute atomic E-state index is 11.5. The van der Waals surface area contributed by atoms with E-state index in [0.717, 1.165) is 13.0 Å². The molecule has 0 heterocycles. The molecule has 0 aliphatic carbocycles. The van der Waals surface area contributed by atoms with Crippen LogP contribution in [0.15, 0.2) is 0 Å². The molecule has 0 aliphatic heterocycles. The number of nitrogens with one attached hydrogen (secondary N) is 1. The quantitative estimate of drug-likeness (QED) is 0.617. The van der Waals surface area contributed by atoms with E-state index in [1.165, 1.54) is 19.3 Å². The molecule has 0 aromatic carbocycles. The van der Waals surface area contributed by atoms with Crippen molar-refractivity contribution in [1.29, 1.82) is 0 Å². The highest BCUT2D eigenvalue weighted by molar-refractivity contribution is 5.80. The lowest BCUT2D eigenvalue weighted by molar-refractivity contribution is -0.131. The summed E-state index contributed by atoms with van der Waals surface area (Å²) in [6.07, 6.45) is 4.40. The summed E-state index contributed by atoms with van der Waals surface area (Å²) in [6.45, 7) is 9.57. The lowest BCUT2D eigenvalue weighted by Crippen LogP contribution is -2.36. The Morgan fingerprint density at radius 1 is 1.19 bits per heavy atom. The standard InChI is InChI=1S/C13H27NO2/c1-5-6-7-8-9-16-12(4)13(15)14-10-11(2)3/h11-12H,5-10H2,1-4H3,(H,14,15). The molecule has 0 bridgehead atoms. The molecule has 0 aromatic rings. The average molecular weight is 229 g/mol. The summed E-state index contributed by atoms with van der Waals surface area (Å²) in [5.74, 6) is 0.491. The lowest BCUT2D eigenvalue weighted by atomic mass is 10.2. The highest BCUT2D eigenvalue weighted by atomic mass is 16.5. The van der Waals surface area contributed by atoms with Crippen LogP contribution >= 0.6 is 0 Å². The van der Waals surface area contributed by atoms with Gasteiger partial charge in [0.1, 0.15) is 6.10 Å². The zero-order valence-electron chi connectivity index (χ0n) is 11.2. The van der Waals surface area contributed by atoms with E-state index in [0.29, 0.717) is 12.5 Å². The number of hydrogen-bond acceptors (Lipinski definition) is 2. The van der Waals surface area contributed by atoms with Crippen LogP contribution in [-0.4, -0.2) is 25.2 Å². The topological polar surface area (TPSA) is 38.3 Å². The van der Waals surface area contributed by atoms with E-state index < -0.39 is 0 Å². The van der Waals surface area contributed by atoms with Crippen molar-refractivity contribution in [2.24, 2.45) is 5.92 Å². The normalized spacial score (nSPS) is 12.8. The molecule has 0 fully saturated rings. The van der Waals surface area contributed by atoms with Gasteiger partial charge in [0.05, 0.1) is 0 Å². The minimum Gasteiger partial charge on any atom is -0.369 e. The van der Waals surface area contributed by atoms with Crippen LogP contribution in [0.4, 0.5) is 0 Å². The first kappa shape index (κ1) is 15.4. The molecule has 0 radical (unpaired) electrons. The van der Waals surface area contributed by atoms with Crippen LogP contribution in [0.2, 0.25) is 0 Å². The molecule has 1 amide bonds. The van der Waals surface area contributed by atoms with Crippen LogP contribution in [-0.2, 0) is 9.53 Å². The summed E-state index contributed by atoms with van der Waals surface area (Å²) in [5.41, 5.74) is 0. The second-order valence-electron chi connectivity index (χ2n) is 4.71. The molecule has 1 unspecified atom stereocenters. The van der Waals surface area contributed by atoms with Gasteiger partial charge in [0.15, 0.2) is 0 Å². The average Bonchev–Trinajstić information content (AvgIpc) is 2.25. The van der Waals surface area contributed by atoms with Crippen molar-refractivity contribution in [2.75, 3.05) is 13.2 Å². The number of hydrogen-bond donors (Lipinski definition) is 1. The number of unbranched alkanes of at least 4 members (excludes halogenated alkanes) is 3. The molecule has 0 aromatic heterocycles. The maximum Gasteiger partial charge on any atom is 0.248 e. The zero-order chi connectivity index (χ0) is 12.4. The summed E-state index contributed by atoms with van der Waals surface area (Å²) in [6, 6.07) is 0. The number of ether oxygens (including phenoxy) is 1. The summed E-state index contributed by atoms with van der Waals surface area (Å²) in [7, 11) is 0. The van der Waals surface area contributed by atoms with Crippen LogP contribution in [0, 0.1) is 5.92 Å². The smallest absolute Gasteiger partial charge is 0.248 e. The van der Waals surface area contributed by atoms with Crippen molar-refractivity contribution in [3.63, 3.8) is 0 Å². The summed E-state index contributed by atoms with van der Waals surface area (Å²) in [4.78, 5) is 11.5. The minimum atomic E-state index is -0.319. The van der Waals surface area contributed by atoms with Gasteiger partial charge in [0.2, 0.25) is 5.91 Å². The second kappa shape index (κ2) is 9.64. The first-order chi connectivity index (χ1) is 7.57. The number of rotatable bonds is 9. The third kappa shape index (κ3) is 8.72. The maximum atomic E-state index is 11.5. The van der Waals surface area contributed by atoms with E-state index in [-0.39, 0.29) is 12.0 Å². The molecule has 96 valence electrons. The fourth-order valence-electron chi connectivity index (χ4n) is 1.31. The Kier molecular flexibility index (Phi) is 9.30. The van der Waals surface area contributed by atoms with Crippen molar-refractivity contribution in [3.05, 3.63) is 0 Å². The Labute approximate surface area is 99.9 Å². The van der Waals surface area contributed by atoms with Crippen molar-refractivity contribution in [2.45, 2.75) is 59.5 Å². The fraction of sp³-hybridized carbons (Fsp3) is 0.923. The van der Waals surface area contributed by atoms with Crippen LogP contribution in [0.3, 0.4) is 0 Å². The monoisotopic (exact) mass is 229 g/mol. The molecular weight excluding hydrogens is 202 g/mol. The van der Waals surface area contributed by atoms with E-state index in [4.69, 9.17) is 4.74 Å². The fourth-order valence-corrected chi connectivity index (χ4v) is 1.31. The van der Waals surface area contributed by atoms with Crippen molar-refractivity contribution < 1.29 is 9.53 Å². The second-order valence-corrected chi connectivity index (χ2v) is 4.71. The molecule has 1 N–H and O–H groups in total. The highest BCUT2D eigenvalue weighted by Gasteiger charge is 2.12. The first-order valence-corrected chi connectivity index (χ1v) is 6.47. The van der Waals surface area contributed by atoms with Crippen LogP contribution < -0.4 is 5.32 Å². The van der Waals surface area contributed by atoms with Gasteiger partial charge in [-0.15, -0.1) is 0 Å². The molecule has 16 heavy (non-hydrogen) atoms. The predicted molar refractivity (Wildman–Crippen MR) is 67.4 cm³/mol. The van der Waals surface area contributed by atoms with Gasteiger partial charge in [-0.25, -0.2) is 0 Å². The molecule has 1 atom stereocenters. The van der Waals surface area contributed by atoms with Gasteiger partial charge < -0.3 is 10.1 Å². The van der Waals surface area contributed by atoms with E-state index in [2.05, 4.69) is 26.1 Å². The summed E-state index contributed by atoms with van der Waals surface area (Å²) < 4.78 is 5.47. The van der Waals surface area contributed by atoms with Crippen molar-refractivity contribution >= 4 is 5.91 Å². The van der Waals surface area contributed by atoms with Gasteiger partial charge in [-0.05, 0) is 19.3 Å². The first-order valence-electron chi connectivity index (χ1n) is 6.47. The Balaban J connectivity index is 3.47. The highest BCUT2D eigenvalue weighted by Crippen LogP contribution is 2.01. The Morgan fingerprint density at radius 3 is 2.44 bits per heavy atom. The third-order valence-corrected chi connectivity index (χ3v) is 2.42. The van der Waals surface area contributed by atoms with Crippen LogP contribution in [0.5, 0.6) is 0 Å². The minimum absolute atomic E-state index is 0.00388. The van der Waals surface area contributed by atoms with Gasteiger partial charge in [0.25, 0.3) is 0 Å². The molecule has 0 rings (SSSR count). The SMILES string of the molecule is CCCCCCOC(C)C(=O)NCC(C)C. The van der Waals surface area contributed by atoms with Gasteiger partial charge in [-0.1, -0.05) is 40.0 Å². The Morgan fingerprint density at radius 2 is 1.88 bits per heavy atom. The van der Waals surface area contributed by atoms with Gasteiger partial charge in [-0.2, -0.15) is 0 Å².